The Bertz CT molecular complexity index is 379. The molecule has 0 bridgehead atoms. The van der Waals surface area contributed by atoms with E-state index >= 15 is 0 Å². The highest BCUT2D eigenvalue weighted by Crippen LogP contribution is 2.12. The van der Waals surface area contributed by atoms with Crippen molar-refractivity contribution in [3.8, 4) is 0 Å². The van der Waals surface area contributed by atoms with Crippen molar-refractivity contribution in [3.63, 3.8) is 0 Å². The normalized spacial score (nSPS) is 14.8. The third-order valence-electron chi connectivity index (χ3n) is 2.42. The van der Waals surface area contributed by atoms with Crippen LogP contribution in [0, 0.1) is 12.7 Å². The van der Waals surface area contributed by atoms with Crippen LogP contribution in [0.15, 0.2) is 18.2 Å². The van der Waals surface area contributed by atoms with Crippen LogP contribution in [-0.4, -0.2) is 16.0 Å². The van der Waals surface area contributed by atoms with Gasteiger partial charge < -0.3 is 5.73 Å². The molecule has 0 aliphatic heterocycles. The first kappa shape index (κ1) is 13.3. The maximum Gasteiger partial charge on any atom is 0.123 e. The maximum atomic E-state index is 12.8. The molecular formula is C12H18FNOS. The van der Waals surface area contributed by atoms with Crippen molar-refractivity contribution in [3.05, 3.63) is 35.1 Å². The fourth-order valence-electron chi connectivity index (χ4n) is 1.38. The molecule has 0 saturated heterocycles. The average molecular weight is 243 g/mol. The molecule has 0 saturated carbocycles. The molecule has 2 nitrogen and oxygen atoms in total. The molecule has 16 heavy (non-hydrogen) atoms. The highest BCUT2D eigenvalue weighted by molar-refractivity contribution is 7.84. The lowest BCUT2D eigenvalue weighted by Gasteiger charge is -2.07. The first-order chi connectivity index (χ1) is 7.49. The minimum atomic E-state index is -0.911. The van der Waals surface area contributed by atoms with Crippen LogP contribution in [0.2, 0.25) is 0 Å². The van der Waals surface area contributed by atoms with Gasteiger partial charge in [0.05, 0.1) is 0 Å². The van der Waals surface area contributed by atoms with Gasteiger partial charge in [-0.05, 0) is 43.5 Å². The molecular weight excluding hydrogens is 225 g/mol. The Balaban J connectivity index is 2.56. The van der Waals surface area contributed by atoms with Crippen molar-refractivity contribution in [2.45, 2.75) is 32.1 Å². The second-order valence-electron chi connectivity index (χ2n) is 4.13. The summed E-state index contributed by atoms with van der Waals surface area (Å²) in [5.41, 5.74) is 7.40. The van der Waals surface area contributed by atoms with Crippen molar-refractivity contribution in [2.24, 2.45) is 5.73 Å². The fraction of sp³-hybridized carbons (Fsp3) is 0.500. The molecule has 0 aliphatic rings. The van der Waals surface area contributed by atoms with Crippen LogP contribution in [0.5, 0.6) is 0 Å². The quantitative estimate of drug-likeness (QED) is 0.860. The molecule has 4 heteroatoms. The lowest BCUT2D eigenvalue weighted by Crippen LogP contribution is -2.18. The lowest BCUT2D eigenvalue weighted by molar-refractivity contribution is 0.625. The largest absolute Gasteiger partial charge is 0.328 e. The molecule has 2 atom stereocenters. The maximum absolute atomic E-state index is 12.8. The molecule has 1 rings (SSSR count). The van der Waals surface area contributed by atoms with Crippen LogP contribution in [0.1, 0.15) is 24.5 Å². The molecule has 2 unspecified atom stereocenters. The van der Waals surface area contributed by atoms with Gasteiger partial charge >= 0.3 is 0 Å². The van der Waals surface area contributed by atoms with E-state index in [0.29, 0.717) is 11.5 Å². The predicted octanol–water partition coefficient (Wildman–Crippen LogP) is 2.12. The summed E-state index contributed by atoms with van der Waals surface area (Å²) < 4.78 is 24.6. The fourth-order valence-corrected chi connectivity index (χ4v) is 2.83. The van der Waals surface area contributed by atoms with E-state index < -0.39 is 10.8 Å². The van der Waals surface area contributed by atoms with Crippen molar-refractivity contribution >= 4 is 10.8 Å². The molecule has 90 valence electrons. The monoisotopic (exact) mass is 243 g/mol. The van der Waals surface area contributed by atoms with Gasteiger partial charge in [-0.3, -0.25) is 4.21 Å². The molecule has 1 aromatic carbocycles. The molecule has 0 aromatic heterocycles. The van der Waals surface area contributed by atoms with Crippen molar-refractivity contribution in [1.82, 2.24) is 0 Å². The van der Waals surface area contributed by atoms with Gasteiger partial charge in [0.2, 0.25) is 0 Å². The molecule has 0 heterocycles. The van der Waals surface area contributed by atoms with E-state index in [0.717, 1.165) is 17.5 Å². The lowest BCUT2D eigenvalue weighted by atomic mass is 10.1. The molecule has 0 amide bonds. The van der Waals surface area contributed by atoms with Gasteiger partial charge in [0.1, 0.15) is 5.82 Å². The summed E-state index contributed by atoms with van der Waals surface area (Å²) in [4.78, 5) is 0. The third kappa shape index (κ3) is 4.41. The van der Waals surface area contributed by atoms with Crippen LogP contribution in [0.4, 0.5) is 4.39 Å². The van der Waals surface area contributed by atoms with Gasteiger partial charge in [-0.2, -0.15) is 0 Å². The molecule has 0 radical (unpaired) electrons. The summed E-state index contributed by atoms with van der Waals surface area (Å²) in [7, 11) is -0.911. The zero-order valence-electron chi connectivity index (χ0n) is 9.70. The minimum Gasteiger partial charge on any atom is -0.328 e. The minimum absolute atomic E-state index is 0.0817. The van der Waals surface area contributed by atoms with Gasteiger partial charge in [-0.15, -0.1) is 0 Å². The van der Waals surface area contributed by atoms with E-state index in [1.54, 1.807) is 6.07 Å². The van der Waals surface area contributed by atoms with Crippen LogP contribution in [0.25, 0.3) is 0 Å². The average Bonchev–Trinajstić information content (AvgIpc) is 2.19. The molecule has 0 spiro atoms. The molecule has 1 aromatic rings. The van der Waals surface area contributed by atoms with Gasteiger partial charge in [-0.1, -0.05) is 6.07 Å². The topological polar surface area (TPSA) is 43.1 Å². The van der Waals surface area contributed by atoms with E-state index in [1.165, 1.54) is 12.1 Å². The van der Waals surface area contributed by atoms with Crippen molar-refractivity contribution in [2.75, 3.05) is 5.75 Å². The van der Waals surface area contributed by atoms with E-state index in [-0.39, 0.29) is 11.9 Å². The Morgan fingerprint density at radius 1 is 1.50 bits per heavy atom. The summed E-state index contributed by atoms with van der Waals surface area (Å²) in [5, 5.41) is 0. The first-order valence-electron chi connectivity index (χ1n) is 5.34. The van der Waals surface area contributed by atoms with Crippen LogP contribution in [0.3, 0.4) is 0 Å². The smallest absolute Gasteiger partial charge is 0.123 e. The van der Waals surface area contributed by atoms with E-state index in [9.17, 15) is 8.60 Å². The number of hydrogen-bond donors (Lipinski definition) is 1. The Hall–Kier alpha value is -0.740. The van der Waals surface area contributed by atoms with Gasteiger partial charge in [0.15, 0.2) is 0 Å². The highest BCUT2D eigenvalue weighted by atomic mass is 32.2. The number of benzene rings is 1. The third-order valence-corrected chi connectivity index (χ3v) is 3.75. The zero-order chi connectivity index (χ0) is 12.1. The second kappa shape index (κ2) is 6.11. The second-order valence-corrected chi connectivity index (χ2v) is 5.70. The van der Waals surface area contributed by atoms with Crippen LogP contribution >= 0.6 is 0 Å². The summed E-state index contributed by atoms with van der Waals surface area (Å²) in [6, 6.07) is 4.66. The number of nitrogens with two attached hydrogens (primary N) is 1. The van der Waals surface area contributed by atoms with E-state index in [4.69, 9.17) is 5.73 Å². The zero-order valence-corrected chi connectivity index (χ0v) is 10.5. The summed E-state index contributed by atoms with van der Waals surface area (Å²) in [5.74, 6) is 0.843. The Kier molecular flexibility index (Phi) is 5.09. The van der Waals surface area contributed by atoms with Crippen molar-refractivity contribution < 1.29 is 8.60 Å². The molecule has 0 aliphatic carbocycles. The summed E-state index contributed by atoms with van der Waals surface area (Å²) in [6.45, 7) is 3.74. The molecule has 2 N–H and O–H groups in total. The van der Waals surface area contributed by atoms with E-state index in [1.807, 2.05) is 13.8 Å². The van der Waals surface area contributed by atoms with Gasteiger partial charge in [-0.25, -0.2) is 4.39 Å². The Morgan fingerprint density at radius 3 is 2.75 bits per heavy atom. The first-order valence-corrected chi connectivity index (χ1v) is 6.83. The number of rotatable bonds is 5. The standard InChI is InChI=1S/C12H18FNOS/c1-9-7-12(13)4-3-11(9)8-16(15)6-5-10(2)14/h3-4,7,10H,5-6,8,14H2,1-2H3. The SMILES string of the molecule is Cc1cc(F)ccc1CS(=O)CCC(C)N. The van der Waals surface area contributed by atoms with Gasteiger partial charge in [0.25, 0.3) is 0 Å². The van der Waals surface area contributed by atoms with Crippen LogP contribution < -0.4 is 5.73 Å². The van der Waals surface area contributed by atoms with Gasteiger partial charge in [0, 0.05) is 28.3 Å². The number of aryl methyl sites for hydroxylation is 1. The number of hydrogen-bond acceptors (Lipinski definition) is 2. The predicted molar refractivity (Wildman–Crippen MR) is 66.1 cm³/mol. The molecule has 0 fully saturated rings. The summed E-state index contributed by atoms with van der Waals surface area (Å²) >= 11 is 0. The van der Waals surface area contributed by atoms with Crippen LogP contribution in [-0.2, 0) is 16.6 Å². The summed E-state index contributed by atoms with van der Waals surface area (Å²) in [6.07, 6.45) is 0.757. The van der Waals surface area contributed by atoms with Crippen molar-refractivity contribution in [1.29, 1.82) is 0 Å². The Labute approximate surface area is 98.5 Å². The number of halogens is 1. The Morgan fingerprint density at radius 2 is 2.19 bits per heavy atom. The highest BCUT2D eigenvalue weighted by Gasteiger charge is 2.06. The van der Waals surface area contributed by atoms with E-state index in [2.05, 4.69) is 0 Å².